The molecule has 0 aliphatic heterocycles. The minimum absolute atomic E-state index is 0.0373. The molecule has 0 aromatic carbocycles. The quantitative estimate of drug-likeness (QED) is 0.785. The van der Waals surface area contributed by atoms with Crippen LogP contribution >= 0.6 is 0 Å². The molecule has 0 bridgehead atoms. The monoisotopic (exact) mass is 221 g/mol. The lowest BCUT2D eigenvalue weighted by molar-refractivity contribution is -0.121. The van der Waals surface area contributed by atoms with E-state index < -0.39 is 0 Å². The van der Waals surface area contributed by atoms with Gasteiger partial charge in [0.2, 0.25) is 5.91 Å². The Morgan fingerprint density at radius 2 is 2.06 bits per heavy atom. The Labute approximate surface area is 96.3 Å². The first kappa shape index (κ1) is 12.6. The molecule has 0 saturated carbocycles. The van der Waals surface area contributed by atoms with Crippen molar-refractivity contribution >= 4 is 5.91 Å². The summed E-state index contributed by atoms with van der Waals surface area (Å²) < 4.78 is 0. The standard InChI is InChI=1S/C12H19N3O/c1-12(2,13)6-3-11(16)15-9-10-4-7-14-8-5-10/h4-5,7-8H,3,6,9,13H2,1-2H3,(H,15,16). The molecule has 1 aromatic heterocycles. The predicted octanol–water partition coefficient (Wildman–Crippen LogP) is 1.22. The molecule has 1 aromatic rings. The van der Waals surface area contributed by atoms with Crippen molar-refractivity contribution in [3.63, 3.8) is 0 Å². The number of amides is 1. The van der Waals surface area contributed by atoms with Gasteiger partial charge in [-0.3, -0.25) is 9.78 Å². The Bertz CT molecular complexity index is 330. The highest BCUT2D eigenvalue weighted by molar-refractivity contribution is 5.75. The van der Waals surface area contributed by atoms with E-state index >= 15 is 0 Å². The molecule has 0 atom stereocenters. The third-order valence-electron chi connectivity index (χ3n) is 2.24. The zero-order valence-electron chi connectivity index (χ0n) is 9.86. The Hall–Kier alpha value is -1.42. The average Bonchev–Trinajstić information content (AvgIpc) is 2.24. The summed E-state index contributed by atoms with van der Waals surface area (Å²) >= 11 is 0. The summed E-state index contributed by atoms with van der Waals surface area (Å²) in [6, 6.07) is 3.76. The van der Waals surface area contributed by atoms with Crippen LogP contribution in [0.4, 0.5) is 0 Å². The second-order valence-electron chi connectivity index (χ2n) is 4.62. The van der Waals surface area contributed by atoms with Crippen LogP contribution in [0.1, 0.15) is 32.3 Å². The highest BCUT2D eigenvalue weighted by Crippen LogP contribution is 2.06. The molecular weight excluding hydrogens is 202 g/mol. The summed E-state index contributed by atoms with van der Waals surface area (Å²) in [4.78, 5) is 15.4. The van der Waals surface area contributed by atoms with Gasteiger partial charge in [-0.05, 0) is 38.0 Å². The summed E-state index contributed by atoms with van der Waals surface area (Å²) in [5.41, 5.74) is 6.57. The van der Waals surface area contributed by atoms with Gasteiger partial charge in [0.1, 0.15) is 0 Å². The minimum atomic E-state index is -0.284. The maximum absolute atomic E-state index is 11.5. The van der Waals surface area contributed by atoms with Gasteiger partial charge in [-0.25, -0.2) is 0 Å². The van der Waals surface area contributed by atoms with E-state index in [9.17, 15) is 4.79 Å². The van der Waals surface area contributed by atoms with Gasteiger partial charge >= 0.3 is 0 Å². The van der Waals surface area contributed by atoms with Crippen LogP contribution in [0.25, 0.3) is 0 Å². The molecule has 0 aliphatic rings. The molecule has 0 fully saturated rings. The van der Waals surface area contributed by atoms with E-state index in [2.05, 4.69) is 10.3 Å². The van der Waals surface area contributed by atoms with Crippen molar-refractivity contribution in [3.8, 4) is 0 Å². The first-order valence-electron chi connectivity index (χ1n) is 5.42. The van der Waals surface area contributed by atoms with Crippen LogP contribution in [0, 0.1) is 0 Å². The van der Waals surface area contributed by atoms with Gasteiger partial charge in [0.25, 0.3) is 0 Å². The van der Waals surface area contributed by atoms with Gasteiger partial charge in [-0.2, -0.15) is 0 Å². The molecule has 1 heterocycles. The van der Waals surface area contributed by atoms with Gasteiger partial charge < -0.3 is 11.1 Å². The predicted molar refractivity (Wildman–Crippen MR) is 63.6 cm³/mol. The van der Waals surface area contributed by atoms with Crippen LogP contribution in [0.2, 0.25) is 0 Å². The molecule has 1 rings (SSSR count). The Morgan fingerprint density at radius 3 is 2.62 bits per heavy atom. The third kappa shape index (κ3) is 5.46. The van der Waals surface area contributed by atoms with Crippen molar-refractivity contribution in [2.75, 3.05) is 0 Å². The van der Waals surface area contributed by atoms with Crippen molar-refractivity contribution < 1.29 is 4.79 Å². The normalized spacial score (nSPS) is 11.2. The molecule has 1 amide bonds. The van der Waals surface area contributed by atoms with Crippen LogP contribution < -0.4 is 11.1 Å². The van der Waals surface area contributed by atoms with Crippen LogP contribution in [0.5, 0.6) is 0 Å². The van der Waals surface area contributed by atoms with Gasteiger partial charge in [0.05, 0.1) is 0 Å². The number of carbonyl (C=O) groups is 1. The van der Waals surface area contributed by atoms with Crippen molar-refractivity contribution in [1.29, 1.82) is 0 Å². The number of rotatable bonds is 5. The van der Waals surface area contributed by atoms with E-state index in [1.54, 1.807) is 12.4 Å². The number of nitrogens with one attached hydrogen (secondary N) is 1. The Balaban J connectivity index is 2.26. The topological polar surface area (TPSA) is 68.0 Å². The summed E-state index contributed by atoms with van der Waals surface area (Å²) in [6.45, 7) is 4.39. The fourth-order valence-electron chi connectivity index (χ4n) is 1.23. The second-order valence-corrected chi connectivity index (χ2v) is 4.62. The van der Waals surface area contributed by atoms with Gasteiger partial charge in [0, 0.05) is 30.9 Å². The highest BCUT2D eigenvalue weighted by Gasteiger charge is 2.12. The first-order valence-corrected chi connectivity index (χ1v) is 5.42. The zero-order chi connectivity index (χ0) is 12.0. The molecule has 4 nitrogen and oxygen atoms in total. The van der Waals surface area contributed by atoms with Crippen LogP contribution in [-0.4, -0.2) is 16.4 Å². The lowest BCUT2D eigenvalue weighted by Gasteiger charge is -2.17. The Morgan fingerprint density at radius 1 is 1.44 bits per heavy atom. The smallest absolute Gasteiger partial charge is 0.220 e. The summed E-state index contributed by atoms with van der Waals surface area (Å²) in [5.74, 6) is 0.0373. The molecule has 0 saturated heterocycles. The number of pyridine rings is 1. The van der Waals surface area contributed by atoms with E-state index in [-0.39, 0.29) is 11.4 Å². The second kappa shape index (κ2) is 5.61. The summed E-state index contributed by atoms with van der Waals surface area (Å²) in [5, 5.41) is 2.85. The molecule has 0 aliphatic carbocycles. The molecular formula is C12H19N3O. The van der Waals surface area contributed by atoms with Crippen molar-refractivity contribution in [1.82, 2.24) is 10.3 Å². The molecule has 0 unspecified atom stereocenters. The number of nitrogens with two attached hydrogens (primary N) is 1. The van der Waals surface area contributed by atoms with Crippen molar-refractivity contribution in [3.05, 3.63) is 30.1 Å². The molecule has 16 heavy (non-hydrogen) atoms. The van der Waals surface area contributed by atoms with Crippen molar-refractivity contribution in [2.45, 2.75) is 38.8 Å². The van der Waals surface area contributed by atoms with Crippen LogP contribution in [-0.2, 0) is 11.3 Å². The van der Waals surface area contributed by atoms with Gasteiger partial charge in [-0.15, -0.1) is 0 Å². The molecule has 4 heteroatoms. The fraction of sp³-hybridized carbons (Fsp3) is 0.500. The van der Waals surface area contributed by atoms with Gasteiger partial charge in [-0.1, -0.05) is 0 Å². The number of hydrogen-bond donors (Lipinski definition) is 2. The van der Waals surface area contributed by atoms with E-state index in [4.69, 9.17) is 5.73 Å². The molecule has 3 N–H and O–H groups in total. The van der Waals surface area contributed by atoms with E-state index in [0.717, 1.165) is 5.56 Å². The Kier molecular flexibility index (Phi) is 4.43. The summed E-state index contributed by atoms with van der Waals surface area (Å²) in [6.07, 6.45) is 4.58. The van der Waals surface area contributed by atoms with Gasteiger partial charge in [0.15, 0.2) is 0 Å². The highest BCUT2D eigenvalue weighted by atomic mass is 16.1. The molecule has 0 spiro atoms. The molecule has 88 valence electrons. The lowest BCUT2D eigenvalue weighted by Crippen LogP contribution is -2.34. The van der Waals surface area contributed by atoms with Crippen LogP contribution in [0.15, 0.2) is 24.5 Å². The lowest BCUT2D eigenvalue weighted by atomic mass is 10.00. The average molecular weight is 221 g/mol. The summed E-state index contributed by atoms with van der Waals surface area (Å²) in [7, 11) is 0. The third-order valence-corrected chi connectivity index (χ3v) is 2.24. The maximum atomic E-state index is 11.5. The SMILES string of the molecule is CC(C)(N)CCC(=O)NCc1ccncc1. The maximum Gasteiger partial charge on any atom is 0.220 e. The van der Waals surface area contributed by atoms with Crippen molar-refractivity contribution in [2.24, 2.45) is 5.73 Å². The number of hydrogen-bond acceptors (Lipinski definition) is 3. The van der Waals surface area contributed by atoms with Crippen LogP contribution in [0.3, 0.4) is 0 Å². The largest absolute Gasteiger partial charge is 0.352 e. The number of aromatic nitrogens is 1. The minimum Gasteiger partial charge on any atom is -0.352 e. The fourth-order valence-corrected chi connectivity index (χ4v) is 1.23. The van der Waals surface area contributed by atoms with E-state index in [1.807, 2.05) is 26.0 Å². The number of carbonyl (C=O) groups excluding carboxylic acids is 1. The van der Waals surface area contributed by atoms with E-state index in [0.29, 0.717) is 19.4 Å². The molecule has 0 radical (unpaired) electrons. The first-order chi connectivity index (χ1) is 7.47. The number of nitrogens with zero attached hydrogens (tertiary/aromatic N) is 1. The zero-order valence-corrected chi connectivity index (χ0v) is 9.86. The van der Waals surface area contributed by atoms with E-state index in [1.165, 1.54) is 0 Å².